The van der Waals surface area contributed by atoms with Crippen LogP contribution >= 0.6 is 11.6 Å². The molecule has 0 saturated carbocycles. The standard InChI is InChI=1S/C13H19ClN4/c1-9(15-3)11-6-5-7-18(11)8-12-13(14)10(2)16-17(12)4/h5-7,9,15H,8H2,1-4H3. The molecular formula is C13H19ClN4. The highest BCUT2D eigenvalue weighted by atomic mass is 35.5. The van der Waals surface area contributed by atoms with Gasteiger partial charge >= 0.3 is 0 Å². The van der Waals surface area contributed by atoms with Gasteiger partial charge in [0.1, 0.15) is 0 Å². The first-order valence-electron chi connectivity index (χ1n) is 6.05. The summed E-state index contributed by atoms with van der Waals surface area (Å²) in [4.78, 5) is 0. The molecule has 2 aromatic rings. The maximum absolute atomic E-state index is 6.28. The lowest BCUT2D eigenvalue weighted by Gasteiger charge is -2.15. The van der Waals surface area contributed by atoms with Crippen LogP contribution < -0.4 is 5.32 Å². The maximum Gasteiger partial charge on any atom is 0.0865 e. The van der Waals surface area contributed by atoms with E-state index < -0.39 is 0 Å². The number of halogens is 1. The van der Waals surface area contributed by atoms with E-state index in [2.05, 4.69) is 40.2 Å². The van der Waals surface area contributed by atoms with Crippen molar-refractivity contribution >= 4 is 11.6 Å². The van der Waals surface area contributed by atoms with E-state index in [-0.39, 0.29) is 0 Å². The molecule has 0 aliphatic rings. The maximum atomic E-state index is 6.28. The lowest BCUT2D eigenvalue weighted by molar-refractivity contribution is 0.575. The van der Waals surface area contributed by atoms with Crippen molar-refractivity contribution in [2.75, 3.05) is 7.05 Å². The molecule has 2 rings (SSSR count). The number of rotatable bonds is 4. The average Bonchev–Trinajstić information content (AvgIpc) is 2.89. The number of aryl methyl sites for hydroxylation is 2. The van der Waals surface area contributed by atoms with E-state index in [1.54, 1.807) is 0 Å². The topological polar surface area (TPSA) is 34.8 Å². The minimum Gasteiger partial charge on any atom is -0.344 e. The summed E-state index contributed by atoms with van der Waals surface area (Å²) in [5, 5.41) is 8.35. The van der Waals surface area contributed by atoms with E-state index in [1.807, 2.05) is 25.7 Å². The largest absolute Gasteiger partial charge is 0.344 e. The van der Waals surface area contributed by atoms with Gasteiger partial charge in [-0.1, -0.05) is 11.6 Å². The van der Waals surface area contributed by atoms with Crippen molar-refractivity contribution in [2.24, 2.45) is 7.05 Å². The number of aromatic nitrogens is 3. The van der Waals surface area contributed by atoms with E-state index in [9.17, 15) is 0 Å². The third kappa shape index (κ3) is 2.31. The predicted octanol–water partition coefficient (Wildman–Crippen LogP) is 2.51. The van der Waals surface area contributed by atoms with Gasteiger partial charge in [0.05, 0.1) is 23.0 Å². The molecule has 0 aliphatic heterocycles. The molecule has 5 heteroatoms. The summed E-state index contributed by atoms with van der Waals surface area (Å²) in [5.41, 5.74) is 3.16. The predicted molar refractivity (Wildman–Crippen MR) is 74.0 cm³/mol. The van der Waals surface area contributed by atoms with Crippen LogP contribution in [0.5, 0.6) is 0 Å². The first-order chi connectivity index (χ1) is 8.54. The van der Waals surface area contributed by atoms with E-state index in [4.69, 9.17) is 11.6 Å². The first kappa shape index (κ1) is 13.2. The van der Waals surface area contributed by atoms with Crippen LogP contribution in [-0.2, 0) is 13.6 Å². The highest BCUT2D eigenvalue weighted by Gasteiger charge is 2.14. The fraction of sp³-hybridized carbons (Fsp3) is 0.462. The van der Waals surface area contributed by atoms with Crippen LogP contribution in [0.2, 0.25) is 5.02 Å². The van der Waals surface area contributed by atoms with Gasteiger partial charge in [-0.15, -0.1) is 0 Å². The Morgan fingerprint density at radius 2 is 2.22 bits per heavy atom. The summed E-state index contributed by atoms with van der Waals surface area (Å²) < 4.78 is 4.05. The molecule has 0 bridgehead atoms. The van der Waals surface area contributed by atoms with Crippen molar-refractivity contribution in [3.8, 4) is 0 Å². The Balaban J connectivity index is 2.32. The highest BCUT2D eigenvalue weighted by Crippen LogP contribution is 2.22. The van der Waals surface area contributed by atoms with Crippen molar-refractivity contribution in [3.63, 3.8) is 0 Å². The smallest absolute Gasteiger partial charge is 0.0865 e. The average molecular weight is 267 g/mol. The summed E-state index contributed by atoms with van der Waals surface area (Å²) in [6, 6.07) is 4.49. The third-order valence-electron chi connectivity index (χ3n) is 3.32. The van der Waals surface area contributed by atoms with Gasteiger partial charge in [0.2, 0.25) is 0 Å². The van der Waals surface area contributed by atoms with Crippen LogP contribution in [0.25, 0.3) is 0 Å². The van der Waals surface area contributed by atoms with Gasteiger partial charge in [-0.2, -0.15) is 5.10 Å². The third-order valence-corrected chi connectivity index (χ3v) is 3.81. The van der Waals surface area contributed by atoms with Gasteiger partial charge in [0, 0.05) is 25.0 Å². The zero-order chi connectivity index (χ0) is 13.3. The van der Waals surface area contributed by atoms with Gasteiger partial charge in [0.25, 0.3) is 0 Å². The second kappa shape index (κ2) is 5.16. The SMILES string of the molecule is CNC(C)c1cccn1Cc1c(Cl)c(C)nn1C. The molecule has 4 nitrogen and oxygen atoms in total. The summed E-state index contributed by atoms with van der Waals surface area (Å²) >= 11 is 6.28. The molecule has 0 saturated heterocycles. The second-order valence-corrected chi connectivity index (χ2v) is 4.92. The van der Waals surface area contributed by atoms with Crippen molar-refractivity contribution in [2.45, 2.75) is 26.4 Å². The van der Waals surface area contributed by atoms with Crippen molar-refractivity contribution < 1.29 is 0 Å². The molecular weight excluding hydrogens is 248 g/mol. The molecule has 1 N–H and O–H groups in total. The van der Waals surface area contributed by atoms with Gasteiger partial charge in [-0.05, 0) is 33.0 Å². The van der Waals surface area contributed by atoms with Crippen LogP contribution in [0.3, 0.4) is 0 Å². The normalized spacial score (nSPS) is 12.9. The van der Waals surface area contributed by atoms with Gasteiger partial charge in [-0.25, -0.2) is 0 Å². The van der Waals surface area contributed by atoms with Crippen LogP contribution in [0.15, 0.2) is 18.3 Å². The van der Waals surface area contributed by atoms with Crippen molar-refractivity contribution in [1.82, 2.24) is 19.7 Å². The Bertz CT molecular complexity index is 541. The molecule has 18 heavy (non-hydrogen) atoms. The summed E-state index contributed by atoms with van der Waals surface area (Å²) in [6.07, 6.45) is 2.07. The molecule has 0 amide bonds. The van der Waals surface area contributed by atoms with Crippen molar-refractivity contribution in [3.05, 3.63) is 40.4 Å². The van der Waals surface area contributed by atoms with Gasteiger partial charge < -0.3 is 9.88 Å². The zero-order valence-corrected chi connectivity index (χ0v) is 12.0. The van der Waals surface area contributed by atoms with E-state index >= 15 is 0 Å². The lowest BCUT2D eigenvalue weighted by atomic mass is 10.2. The van der Waals surface area contributed by atoms with Crippen LogP contribution in [0.1, 0.15) is 30.0 Å². The quantitative estimate of drug-likeness (QED) is 0.923. The molecule has 0 aliphatic carbocycles. The summed E-state index contributed by atoms with van der Waals surface area (Å²) in [5.74, 6) is 0. The summed E-state index contributed by atoms with van der Waals surface area (Å²) in [6.45, 7) is 4.81. The minimum absolute atomic E-state index is 0.313. The molecule has 2 aromatic heterocycles. The van der Waals surface area contributed by atoms with Gasteiger partial charge in [0.15, 0.2) is 0 Å². The number of nitrogens with one attached hydrogen (secondary N) is 1. The van der Waals surface area contributed by atoms with E-state index in [1.165, 1.54) is 5.69 Å². The lowest BCUT2D eigenvalue weighted by Crippen LogP contribution is -2.17. The Morgan fingerprint density at radius 1 is 1.50 bits per heavy atom. The highest BCUT2D eigenvalue weighted by molar-refractivity contribution is 6.31. The second-order valence-electron chi connectivity index (χ2n) is 4.54. The van der Waals surface area contributed by atoms with Gasteiger partial charge in [-0.3, -0.25) is 4.68 Å². The molecule has 1 unspecified atom stereocenters. The zero-order valence-electron chi connectivity index (χ0n) is 11.2. The summed E-state index contributed by atoms with van der Waals surface area (Å²) in [7, 11) is 3.89. The number of hydrogen-bond donors (Lipinski definition) is 1. The number of nitrogens with zero attached hydrogens (tertiary/aromatic N) is 3. The van der Waals surface area contributed by atoms with Crippen LogP contribution in [0, 0.1) is 6.92 Å². The molecule has 0 spiro atoms. The molecule has 98 valence electrons. The van der Waals surface area contributed by atoms with Crippen LogP contribution in [0.4, 0.5) is 0 Å². The fourth-order valence-electron chi connectivity index (χ4n) is 2.13. The Kier molecular flexibility index (Phi) is 3.78. The molecule has 0 radical (unpaired) electrons. The van der Waals surface area contributed by atoms with Crippen LogP contribution in [-0.4, -0.2) is 21.4 Å². The monoisotopic (exact) mass is 266 g/mol. The molecule has 1 atom stereocenters. The Morgan fingerprint density at radius 3 is 2.78 bits per heavy atom. The first-order valence-corrected chi connectivity index (χ1v) is 6.42. The molecule has 2 heterocycles. The fourth-order valence-corrected chi connectivity index (χ4v) is 2.35. The van der Waals surface area contributed by atoms with E-state index in [0.717, 1.165) is 23.0 Å². The number of hydrogen-bond acceptors (Lipinski definition) is 2. The molecule has 0 fully saturated rings. The van der Waals surface area contributed by atoms with Crippen molar-refractivity contribution in [1.29, 1.82) is 0 Å². The molecule has 0 aromatic carbocycles. The minimum atomic E-state index is 0.313. The Hall–Kier alpha value is -1.26. The van der Waals surface area contributed by atoms with E-state index in [0.29, 0.717) is 6.04 Å². The Labute approximate surface area is 113 Å².